The van der Waals surface area contributed by atoms with Crippen LogP contribution in [-0.4, -0.2) is 32.0 Å². The lowest BCUT2D eigenvalue weighted by molar-refractivity contribution is 0.00307. The number of hydrogen-bond donors (Lipinski definition) is 1. The molecule has 0 atom stereocenters. The van der Waals surface area contributed by atoms with Gasteiger partial charge < -0.3 is 5.11 Å². The minimum absolute atomic E-state index is 0.208. The third kappa shape index (κ3) is 3.55. The first-order valence-electron chi connectivity index (χ1n) is 4.99. The maximum Gasteiger partial charge on any atom is 0.265 e. The van der Waals surface area contributed by atoms with E-state index >= 15 is 0 Å². The van der Waals surface area contributed by atoms with Gasteiger partial charge in [-0.2, -0.15) is 8.42 Å². The lowest BCUT2D eigenvalue weighted by Gasteiger charge is -2.28. The monoisotopic (exact) mass is 222 g/mol. The Morgan fingerprint density at radius 3 is 2.07 bits per heavy atom. The molecule has 1 aliphatic rings. The standard InChI is InChI=1S/C9H18O4S/c1-14(11,12)13-9(8-10)6-4-2-3-5-7-9/h10H,2-8H2,1H3. The van der Waals surface area contributed by atoms with E-state index < -0.39 is 15.7 Å². The van der Waals surface area contributed by atoms with Crippen molar-refractivity contribution >= 4 is 10.1 Å². The predicted octanol–water partition coefficient (Wildman–Crippen LogP) is 1.05. The van der Waals surface area contributed by atoms with Gasteiger partial charge in [-0.1, -0.05) is 25.7 Å². The van der Waals surface area contributed by atoms with Gasteiger partial charge in [-0.3, -0.25) is 4.18 Å². The molecule has 1 rings (SSSR count). The molecule has 1 saturated carbocycles. The number of hydrogen-bond acceptors (Lipinski definition) is 4. The van der Waals surface area contributed by atoms with Crippen LogP contribution in [0.15, 0.2) is 0 Å². The van der Waals surface area contributed by atoms with Crippen molar-refractivity contribution < 1.29 is 17.7 Å². The fourth-order valence-electron chi connectivity index (χ4n) is 1.96. The molecule has 0 bridgehead atoms. The Hall–Kier alpha value is -0.130. The highest BCUT2D eigenvalue weighted by atomic mass is 32.2. The Morgan fingerprint density at radius 2 is 1.71 bits per heavy atom. The van der Waals surface area contributed by atoms with Crippen LogP contribution in [0, 0.1) is 0 Å². The first-order chi connectivity index (χ1) is 6.47. The van der Waals surface area contributed by atoms with Crippen molar-refractivity contribution in [2.45, 2.75) is 44.1 Å². The van der Waals surface area contributed by atoms with Crippen molar-refractivity contribution in [1.82, 2.24) is 0 Å². The molecule has 0 saturated heterocycles. The van der Waals surface area contributed by atoms with Crippen LogP contribution in [-0.2, 0) is 14.3 Å². The van der Waals surface area contributed by atoms with Gasteiger partial charge in [0.1, 0.15) is 5.60 Å². The molecular weight excluding hydrogens is 204 g/mol. The van der Waals surface area contributed by atoms with Crippen LogP contribution in [0.25, 0.3) is 0 Å². The number of aliphatic hydroxyl groups excluding tert-OH is 1. The Balaban J connectivity index is 2.72. The predicted molar refractivity (Wildman–Crippen MR) is 53.4 cm³/mol. The normalized spacial score (nSPS) is 23.0. The van der Waals surface area contributed by atoms with Crippen LogP contribution in [0.1, 0.15) is 38.5 Å². The zero-order chi connectivity index (χ0) is 10.7. The van der Waals surface area contributed by atoms with Crippen molar-refractivity contribution in [2.75, 3.05) is 12.9 Å². The smallest absolute Gasteiger partial charge is 0.265 e. The maximum atomic E-state index is 11.0. The summed E-state index contributed by atoms with van der Waals surface area (Å²) in [5.41, 5.74) is -0.843. The summed E-state index contributed by atoms with van der Waals surface area (Å²) in [4.78, 5) is 0. The number of rotatable bonds is 3. The molecule has 84 valence electrons. The van der Waals surface area contributed by atoms with Gasteiger partial charge in [0.05, 0.1) is 12.9 Å². The van der Waals surface area contributed by atoms with Gasteiger partial charge in [-0.05, 0) is 12.8 Å². The molecule has 4 nitrogen and oxygen atoms in total. The Kier molecular flexibility index (Phi) is 3.92. The second-order valence-corrected chi connectivity index (χ2v) is 5.62. The van der Waals surface area contributed by atoms with Gasteiger partial charge in [0.2, 0.25) is 0 Å². The fraction of sp³-hybridized carbons (Fsp3) is 1.00. The SMILES string of the molecule is CS(=O)(=O)OC1(CO)CCCCCC1. The second-order valence-electron chi connectivity index (χ2n) is 4.04. The van der Waals surface area contributed by atoms with Gasteiger partial charge >= 0.3 is 0 Å². The molecule has 1 aliphatic carbocycles. The van der Waals surface area contributed by atoms with Gasteiger partial charge in [0, 0.05) is 0 Å². The molecule has 1 N–H and O–H groups in total. The van der Waals surface area contributed by atoms with E-state index in [2.05, 4.69) is 0 Å². The van der Waals surface area contributed by atoms with E-state index in [1.807, 2.05) is 0 Å². The van der Waals surface area contributed by atoms with E-state index in [0.29, 0.717) is 12.8 Å². The zero-order valence-corrected chi connectivity index (χ0v) is 9.35. The maximum absolute atomic E-state index is 11.0. The molecule has 0 aromatic heterocycles. The van der Waals surface area contributed by atoms with E-state index in [1.165, 1.54) is 0 Å². The lowest BCUT2D eigenvalue weighted by Crippen LogP contribution is -2.38. The van der Waals surface area contributed by atoms with Gasteiger partial charge in [0.15, 0.2) is 0 Å². The highest BCUT2D eigenvalue weighted by Gasteiger charge is 2.34. The summed E-state index contributed by atoms with van der Waals surface area (Å²) < 4.78 is 27.1. The molecule has 0 unspecified atom stereocenters. The molecule has 0 aromatic rings. The largest absolute Gasteiger partial charge is 0.393 e. The summed E-state index contributed by atoms with van der Waals surface area (Å²) in [5, 5.41) is 9.24. The molecule has 0 heterocycles. The van der Waals surface area contributed by atoms with Crippen LogP contribution in [0.5, 0.6) is 0 Å². The third-order valence-corrected chi connectivity index (χ3v) is 3.29. The molecule has 0 aromatic carbocycles. The van der Waals surface area contributed by atoms with Crippen LogP contribution in [0.4, 0.5) is 0 Å². The first-order valence-corrected chi connectivity index (χ1v) is 6.81. The molecule has 0 aliphatic heterocycles. The second kappa shape index (κ2) is 4.59. The molecular formula is C9H18O4S. The topological polar surface area (TPSA) is 63.6 Å². The third-order valence-electron chi connectivity index (χ3n) is 2.63. The molecule has 0 radical (unpaired) electrons. The van der Waals surface area contributed by atoms with Crippen LogP contribution in [0.3, 0.4) is 0 Å². The molecule has 14 heavy (non-hydrogen) atoms. The summed E-state index contributed by atoms with van der Waals surface area (Å²) in [6, 6.07) is 0. The summed E-state index contributed by atoms with van der Waals surface area (Å²) in [6.45, 7) is -0.208. The van der Waals surface area contributed by atoms with Crippen molar-refractivity contribution in [3.63, 3.8) is 0 Å². The minimum atomic E-state index is -3.47. The summed E-state index contributed by atoms with van der Waals surface area (Å²) >= 11 is 0. The lowest BCUT2D eigenvalue weighted by atomic mass is 9.96. The highest BCUT2D eigenvalue weighted by molar-refractivity contribution is 7.86. The van der Waals surface area contributed by atoms with E-state index in [4.69, 9.17) is 4.18 Å². The summed E-state index contributed by atoms with van der Waals surface area (Å²) in [5.74, 6) is 0. The Labute approximate surface area is 85.4 Å². The highest BCUT2D eigenvalue weighted by Crippen LogP contribution is 2.31. The van der Waals surface area contributed by atoms with Crippen molar-refractivity contribution in [3.05, 3.63) is 0 Å². The Morgan fingerprint density at radius 1 is 1.21 bits per heavy atom. The quantitative estimate of drug-likeness (QED) is 0.572. The average molecular weight is 222 g/mol. The van der Waals surface area contributed by atoms with Crippen LogP contribution >= 0.6 is 0 Å². The van der Waals surface area contributed by atoms with Crippen molar-refractivity contribution in [1.29, 1.82) is 0 Å². The van der Waals surface area contributed by atoms with Gasteiger partial charge in [-0.25, -0.2) is 0 Å². The van der Waals surface area contributed by atoms with Gasteiger partial charge in [-0.15, -0.1) is 0 Å². The van der Waals surface area contributed by atoms with Crippen LogP contribution in [0.2, 0.25) is 0 Å². The zero-order valence-electron chi connectivity index (χ0n) is 8.53. The minimum Gasteiger partial charge on any atom is -0.393 e. The van der Waals surface area contributed by atoms with E-state index in [9.17, 15) is 13.5 Å². The molecule has 1 fully saturated rings. The average Bonchev–Trinajstić information content (AvgIpc) is 2.28. The Bertz CT molecular complexity index is 263. The van der Waals surface area contributed by atoms with Crippen molar-refractivity contribution in [3.8, 4) is 0 Å². The molecule has 0 spiro atoms. The van der Waals surface area contributed by atoms with Gasteiger partial charge in [0.25, 0.3) is 10.1 Å². The first kappa shape index (κ1) is 11.9. The number of aliphatic hydroxyl groups is 1. The summed E-state index contributed by atoms with van der Waals surface area (Å²) in [6.07, 6.45) is 6.35. The molecule has 5 heteroatoms. The summed E-state index contributed by atoms with van der Waals surface area (Å²) in [7, 11) is -3.47. The van der Waals surface area contributed by atoms with E-state index in [-0.39, 0.29) is 6.61 Å². The molecule has 0 amide bonds. The van der Waals surface area contributed by atoms with Crippen molar-refractivity contribution in [2.24, 2.45) is 0 Å². The van der Waals surface area contributed by atoms with E-state index in [0.717, 1.165) is 31.9 Å². The fourth-order valence-corrected chi connectivity index (χ4v) is 2.82. The van der Waals surface area contributed by atoms with E-state index in [1.54, 1.807) is 0 Å². The van der Waals surface area contributed by atoms with Crippen LogP contribution < -0.4 is 0 Å².